The van der Waals surface area contributed by atoms with Crippen LogP contribution in [-0.2, 0) is 0 Å². The summed E-state index contributed by atoms with van der Waals surface area (Å²) in [6.07, 6.45) is 7.10. The number of rotatable bonds is 6. The van der Waals surface area contributed by atoms with Crippen LogP contribution < -0.4 is 5.32 Å². The Hall–Kier alpha value is -0.120. The second-order valence-corrected chi connectivity index (χ2v) is 8.08. The lowest BCUT2D eigenvalue weighted by atomic mass is 9.84. The second-order valence-electron chi connectivity index (χ2n) is 8.08. The van der Waals surface area contributed by atoms with Gasteiger partial charge in [0.25, 0.3) is 0 Å². The largest absolute Gasteiger partial charge is 0.314 e. The van der Waals surface area contributed by atoms with Crippen molar-refractivity contribution in [1.29, 1.82) is 0 Å². The molecule has 2 rings (SSSR count). The zero-order valence-electron chi connectivity index (χ0n) is 14.8. The van der Waals surface area contributed by atoms with Crippen LogP contribution in [0.2, 0.25) is 0 Å². The topological polar surface area (TPSA) is 18.5 Å². The lowest BCUT2D eigenvalue weighted by molar-refractivity contribution is 0.0910. The maximum absolute atomic E-state index is 3.68. The summed E-state index contributed by atoms with van der Waals surface area (Å²) >= 11 is 0. The minimum atomic E-state index is 0.363. The number of piperazine rings is 1. The van der Waals surface area contributed by atoms with Gasteiger partial charge in [-0.25, -0.2) is 0 Å². The van der Waals surface area contributed by atoms with Gasteiger partial charge in [-0.15, -0.1) is 0 Å². The summed E-state index contributed by atoms with van der Waals surface area (Å²) in [6.45, 7) is 16.8. The van der Waals surface area contributed by atoms with Crippen molar-refractivity contribution in [3.8, 4) is 0 Å². The van der Waals surface area contributed by atoms with E-state index in [1.54, 1.807) is 0 Å². The summed E-state index contributed by atoms with van der Waals surface area (Å²) in [5, 5.41) is 3.68. The van der Waals surface area contributed by atoms with Crippen LogP contribution in [-0.4, -0.2) is 61.2 Å². The summed E-state index contributed by atoms with van der Waals surface area (Å²) in [5.74, 6) is 0. The van der Waals surface area contributed by atoms with Crippen molar-refractivity contribution in [2.45, 2.75) is 71.9 Å². The second kappa shape index (κ2) is 7.94. The predicted molar refractivity (Wildman–Crippen MR) is 91.8 cm³/mol. The van der Waals surface area contributed by atoms with Gasteiger partial charge in [-0.3, -0.25) is 4.90 Å². The number of nitrogens with zero attached hydrogens (tertiary/aromatic N) is 2. The molecule has 1 saturated heterocycles. The van der Waals surface area contributed by atoms with Crippen molar-refractivity contribution >= 4 is 0 Å². The molecule has 0 spiro atoms. The molecule has 1 unspecified atom stereocenters. The molecule has 0 bridgehead atoms. The fraction of sp³-hybridized carbons (Fsp3) is 1.00. The number of nitrogens with one attached hydrogen (secondary N) is 1. The Morgan fingerprint density at radius 1 is 1.05 bits per heavy atom. The van der Waals surface area contributed by atoms with E-state index in [2.05, 4.69) is 42.8 Å². The van der Waals surface area contributed by atoms with Crippen LogP contribution in [0.4, 0.5) is 0 Å². The summed E-state index contributed by atoms with van der Waals surface area (Å²) in [4.78, 5) is 5.44. The van der Waals surface area contributed by atoms with Crippen LogP contribution in [0.3, 0.4) is 0 Å². The Morgan fingerprint density at radius 3 is 2.19 bits per heavy atom. The fourth-order valence-corrected chi connectivity index (χ4v) is 4.02. The fourth-order valence-electron chi connectivity index (χ4n) is 4.02. The first-order chi connectivity index (χ1) is 10.0. The normalized spacial score (nSPS) is 24.6. The number of hydrogen-bond acceptors (Lipinski definition) is 3. The molecule has 0 aromatic carbocycles. The zero-order valence-corrected chi connectivity index (χ0v) is 14.8. The van der Waals surface area contributed by atoms with Crippen LogP contribution in [0.25, 0.3) is 0 Å². The van der Waals surface area contributed by atoms with Gasteiger partial charge >= 0.3 is 0 Å². The van der Waals surface area contributed by atoms with Gasteiger partial charge in [0.1, 0.15) is 0 Å². The van der Waals surface area contributed by atoms with E-state index in [4.69, 9.17) is 0 Å². The smallest absolute Gasteiger partial charge is 0.0128 e. The third kappa shape index (κ3) is 5.22. The molecule has 0 aromatic heterocycles. The highest BCUT2D eigenvalue weighted by Gasteiger charge is 2.28. The summed E-state index contributed by atoms with van der Waals surface area (Å²) in [7, 11) is 0. The van der Waals surface area contributed by atoms with Crippen LogP contribution in [0, 0.1) is 5.41 Å². The van der Waals surface area contributed by atoms with E-state index in [0.717, 1.165) is 12.6 Å². The van der Waals surface area contributed by atoms with Gasteiger partial charge in [0.15, 0.2) is 0 Å². The molecule has 0 amide bonds. The van der Waals surface area contributed by atoms with Gasteiger partial charge in [0.2, 0.25) is 0 Å². The molecular formula is C18H37N3. The van der Waals surface area contributed by atoms with Gasteiger partial charge in [-0.05, 0) is 37.8 Å². The summed E-state index contributed by atoms with van der Waals surface area (Å²) in [5.41, 5.74) is 0.363. The molecule has 3 heteroatoms. The lowest BCUT2D eigenvalue weighted by Gasteiger charge is -2.39. The van der Waals surface area contributed by atoms with Crippen LogP contribution in [0.15, 0.2) is 0 Å². The van der Waals surface area contributed by atoms with E-state index in [1.807, 2.05) is 0 Å². The first-order valence-corrected chi connectivity index (χ1v) is 9.20. The summed E-state index contributed by atoms with van der Waals surface area (Å²) < 4.78 is 0. The molecule has 1 N–H and O–H groups in total. The number of hydrogen-bond donors (Lipinski definition) is 1. The van der Waals surface area contributed by atoms with Gasteiger partial charge in [-0.1, -0.05) is 40.5 Å². The average molecular weight is 296 g/mol. The van der Waals surface area contributed by atoms with Crippen molar-refractivity contribution in [2.75, 3.05) is 39.3 Å². The van der Waals surface area contributed by atoms with Gasteiger partial charge in [0.05, 0.1) is 0 Å². The summed E-state index contributed by atoms with van der Waals surface area (Å²) in [6, 6.07) is 1.55. The molecule has 2 fully saturated rings. The van der Waals surface area contributed by atoms with E-state index in [0.29, 0.717) is 11.5 Å². The van der Waals surface area contributed by atoms with E-state index in [-0.39, 0.29) is 0 Å². The van der Waals surface area contributed by atoms with Crippen molar-refractivity contribution in [3.05, 3.63) is 0 Å². The van der Waals surface area contributed by atoms with Crippen molar-refractivity contribution in [2.24, 2.45) is 5.41 Å². The van der Waals surface area contributed by atoms with Crippen LogP contribution in [0.5, 0.6) is 0 Å². The first kappa shape index (κ1) is 17.2. The molecule has 124 valence electrons. The first-order valence-electron chi connectivity index (χ1n) is 9.20. The van der Waals surface area contributed by atoms with Crippen molar-refractivity contribution in [3.63, 3.8) is 0 Å². The SMILES string of the molecule is CCNC(CCN1CCN(C2CCCC2)CC1)C(C)(C)C. The van der Waals surface area contributed by atoms with Gasteiger partial charge < -0.3 is 10.2 Å². The lowest BCUT2D eigenvalue weighted by Crippen LogP contribution is -2.51. The Balaban J connectivity index is 1.70. The van der Waals surface area contributed by atoms with E-state index >= 15 is 0 Å². The minimum absolute atomic E-state index is 0.363. The highest BCUT2D eigenvalue weighted by molar-refractivity contribution is 4.84. The predicted octanol–water partition coefficient (Wildman–Crippen LogP) is 2.96. The van der Waals surface area contributed by atoms with E-state index < -0.39 is 0 Å². The minimum Gasteiger partial charge on any atom is -0.314 e. The maximum Gasteiger partial charge on any atom is 0.0128 e. The van der Waals surface area contributed by atoms with E-state index in [1.165, 1.54) is 64.8 Å². The monoisotopic (exact) mass is 295 g/mol. The molecule has 1 heterocycles. The Labute approximate surface area is 132 Å². The molecule has 21 heavy (non-hydrogen) atoms. The Bertz CT molecular complexity index is 283. The zero-order chi connectivity index (χ0) is 15.3. The maximum atomic E-state index is 3.68. The molecule has 0 radical (unpaired) electrons. The third-order valence-electron chi connectivity index (χ3n) is 5.48. The Kier molecular flexibility index (Phi) is 6.51. The molecule has 1 atom stereocenters. The standard InChI is InChI=1S/C18H37N3/c1-5-19-17(18(2,3)4)10-11-20-12-14-21(15-13-20)16-8-6-7-9-16/h16-17,19H,5-15H2,1-4H3. The molecule has 1 aliphatic carbocycles. The molecule has 1 saturated carbocycles. The van der Waals surface area contributed by atoms with Crippen LogP contribution >= 0.6 is 0 Å². The average Bonchev–Trinajstić information content (AvgIpc) is 2.97. The quantitative estimate of drug-likeness (QED) is 0.813. The van der Waals surface area contributed by atoms with E-state index in [9.17, 15) is 0 Å². The van der Waals surface area contributed by atoms with Crippen LogP contribution in [0.1, 0.15) is 59.8 Å². The Morgan fingerprint density at radius 2 is 1.67 bits per heavy atom. The molecular weight excluding hydrogens is 258 g/mol. The van der Waals surface area contributed by atoms with Gasteiger partial charge in [-0.2, -0.15) is 0 Å². The highest BCUT2D eigenvalue weighted by Crippen LogP contribution is 2.25. The van der Waals surface area contributed by atoms with Gasteiger partial charge in [0, 0.05) is 38.3 Å². The molecule has 1 aliphatic heterocycles. The third-order valence-corrected chi connectivity index (χ3v) is 5.48. The van der Waals surface area contributed by atoms with Crippen molar-refractivity contribution < 1.29 is 0 Å². The molecule has 2 aliphatic rings. The van der Waals surface area contributed by atoms with Crippen molar-refractivity contribution in [1.82, 2.24) is 15.1 Å². The molecule has 0 aromatic rings. The highest BCUT2D eigenvalue weighted by atomic mass is 15.3. The molecule has 3 nitrogen and oxygen atoms in total.